The number of rotatable bonds is 5. The molecule has 0 amide bonds. The number of nitrogens with zero attached hydrogens (tertiary/aromatic N) is 2. The summed E-state index contributed by atoms with van der Waals surface area (Å²) in [6.07, 6.45) is 5.16. The van der Waals surface area contributed by atoms with Crippen molar-refractivity contribution in [3.8, 4) is 0 Å². The Balaban J connectivity index is 2.13. The number of hydrogen-bond donors (Lipinski definition) is 1. The summed E-state index contributed by atoms with van der Waals surface area (Å²) in [5, 5.41) is 14.5. The average molecular weight is 226 g/mol. The normalized spacial score (nSPS) is 29.4. The maximum absolute atomic E-state index is 10.4. The van der Waals surface area contributed by atoms with E-state index in [0.717, 1.165) is 42.7 Å². The molecule has 1 fully saturated rings. The molecule has 1 aromatic heterocycles. The molecule has 1 aliphatic carbocycles. The Morgan fingerprint density at radius 1 is 1.47 bits per heavy atom. The monoisotopic (exact) mass is 226 g/mol. The molecule has 0 bridgehead atoms. The van der Waals surface area contributed by atoms with Crippen LogP contribution in [0.4, 0.5) is 0 Å². The second kappa shape index (κ2) is 4.18. The van der Waals surface area contributed by atoms with Gasteiger partial charge >= 0.3 is 0 Å². The summed E-state index contributed by atoms with van der Waals surface area (Å²) < 4.78 is 3.97. The first kappa shape index (κ1) is 11.0. The minimum atomic E-state index is -0.575. The fraction of sp³-hybridized carbons (Fsp3) is 0.818. The molecule has 2 atom stereocenters. The Labute approximate surface area is 94.7 Å². The van der Waals surface area contributed by atoms with Crippen molar-refractivity contribution < 1.29 is 5.11 Å². The lowest BCUT2D eigenvalue weighted by Crippen LogP contribution is -2.09. The fourth-order valence-electron chi connectivity index (χ4n) is 2.22. The summed E-state index contributed by atoms with van der Waals surface area (Å²) in [6.45, 7) is 4.29. The third-order valence-electron chi connectivity index (χ3n) is 3.15. The maximum Gasteiger partial charge on any atom is 0.106 e. The van der Waals surface area contributed by atoms with Crippen molar-refractivity contribution in [2.24, 2.45) is 5.92 Å². The topological polar surface area (TPSA) is 46.0 Å². The Morgan fingerprint density at radius 3 is 2.93 bits per heavy atom. The van der Waals surface area contributed by atoms with Gasteiger partial charge in [-0.15, -0.1) is 5.10 Å². The van der Waals surface area contributed by atoms with Crippen LogP contribution in [0, 0.1) is 5.92 Å². The van der Waals surface area contributed by atoms with Crippen molar-refractivity contribution in [1.29, 1.82) is 0 Å². The first-order valence-corrected chi connectivity index (χ1v) is 6.53. The summed E-state index contributed by atoms with van der Waals surface area (Å²) in [4.78, 5) is 1.03. The van der Waals surface area contributed by atoms with Crippen molar-refractivity contribution in [1.82, 2.24) is 9.59 Å². The second-order valence-electron chi connectivity index (χ2n) is 4.41. The Bertz CT molecular complexity index is 339. The molecule has 0 spiro atoms. The van der Waals surface area contributed by atoms with E-state index in [9.17, 15) is 5.11 Å². The zero-order valence-corrected chi connectivity index (χ0v) is 10.2. The zero-order valence-electron chi connectivity index (χ0n) is 9.36. The predicted molar refractivity (Wildman–Crippen MR) is 60.8 cm³/mol. The van der Waals surface area contributed by atoms with Crippen LogP contribution >= 0.6 is 11.5 Å². The van der Waals surface area contributed by atoms with Gasteiger partial charge in [0.2, 0.25) is 0 Å². The average Bonchev–Trinajstić information content (AvgIpc) is 2.65. The molecule has 0 radical (unpaired) electrons. The van der Waals surface area contributed by atoms with Crippen LogP contribution in [0.2, 0.25) is 0 Å². The smallest absolute Gasteiger partial charge is 0.106 e. The van der Waals surface area contributed by atoms with Crippen LogP contribution in [0.3, 0.4) is 0 Å². The first-order valence-electron chi connectivity index (χ1n) is 5.76. The molecule has 1 N–H and O–H groups in total. The van der Waals surface area contributed by atoms with E-state index in [1.54, 1.807) is 0 Å². The third kappa shape index (κ3) is 1.93. The van der Waals surface area contributed by atoms with Gasteiger partial charge in [0.1, 0.15) is 5.60 Å². The highest BCUT2D eigenvalue weighted by molar-refractivity contribution is 7.05. The van der Waals surface area contributed by atoms with Crippen LogP contribution in [0.25, 0.3) is 0 Å². The maximum atomic E-state index is 10.4. The van der Waals surface area contributed by atoms with E-state index in [1.165, 1.54) is 11.5 Å². The molecule has 4 heteroatoms. The summed E-state index contributed by atoms with van der Waals surface area (Å²) in [6, 6.07) is 0. The molecule has 1 saturated carbocycles. The third-order valence-corrected chi connectivity index (χ3v) is 4.08. The van der Waals surface area contributed by atoms with E-state index in [1.807, 2.05) is 0 Å². The Hall–Kier alpha value is -0.480. The highest BCUT2D eigenvalue weighted by Gasteiger charge is 2.55. The highest BCUT2D eigenvalue weighted by Crippen LogP contribution is 2.55. The van der Waals surface area contributed by atoms with Gasteiger partial charge in [0.15, 0.2) is 0 Å². The van der Waals surface area contributed by atoms with Gasteiger partial charge in [-0.25, -0.2) is 0 Å². The molecule has 1 aromatic rings. The summed E-state index contributed by atoms with van der Waals surface area (Å²) in [5.41, 5.74) is 0.443. The highest BCUT2D eigenvalue weighted by atomic mass is 32.1. The van der Waals surface area contributed by atoms with Crippen molar-refractivity contribution >= 4 is 11.5 Å². The predicted octanol–water partition coefficient (Wildman–Crippen LogP) is 2.50. The van der Waals surface area contributed by atoms with Gasteiger partial charge in [0.05, 0.1) is 10.6 Å². The lowest BCUT2D eigenvalue weighted by molar-refractivity contribution is 0.131. The number of aryl methyl sites for hydroxylation is 1. The first-order chi connectivity index (χ1) is 7.22. The van der Waals surface area contributed by atoms with Gasteiger partial charge in [-0.2, -0.15) is 0 Å². The van der Waals surface area contributed by atoms with E-state index in [-0.39, 0.29) is 0 Å². The van der Waals surface area contributed by atoms with Gasteiger partial charge in [-0.1, -0.05) is 31.2 Å². The van der Waals surface area contributed by atoms with Crippen molar-refractivity contribution in [2.45, 2.75) is 51.6 Å². The van der Waals surface area contributed by atoms with Gasteiger partial charge in [0.25, 0.3) is 0 Å². The van der Waals surface area contributed by atoms with Crippen LogP contribution in [0.15, 0.2) is 0 Å². The van der Waals surface area contributed by atoms with Crippen molar-refractivity contribution in [3.63, 3.8) is 0 Å². The van der Waals surface area contributed by atoms with Gasteiger partial charge < -0.3 is 5.11 Å². The Morgan fingerprint density at radius 2 is 2.27 bits per heavy atom. The molecule has 0 aromatic carbocycles. The lowest BCUT2D eigenvalue weighted by Gasteiger charge is -2.08. The number of aliphatic hydroxyl groups is 1. The van der Waals surface area contributed by atoms with Crippen molar-refractivity contribution in [2.75, 3.05) is 0 Å². The lowest BCUT2D eigenvalue weighted by atomic mass is 10.1. The summed E-state index contributed by atoms with van der Waals surface area (Å²) >= 11 is 1.38. The van der Waals surface area contributed by atoms with E-state index in [2.05, 4.69) is 23.4 Å². The molecule has 2 rings (SSSR count). The molecule has 1 heterocycles. The summed E-state index contributed by atoms with van der Waals surface area (Å²) in [7, 11) is 0. The van der Waals surface area contributed by atoms with Gasteiger partial charge in [0, 0.05) is 0 Å². The molecule has 84 valence electrons. The van der Waals surface area contributed by atoms with Crippen LogP contribution in [-0.4, -0.2) is 14.7 Å². The van der Waals surface area contributed by atoms with Crippen LogP contribution < -0.4 is 0 Å². The van der Waals surface area contributed by atoms with Gasteiger partial charge in [-0.05, 0) is 36.7 Å². The van der Waals surface area contributed by atoms with E-state index in [0.29, 0.717) is 5.92 Å². The van der Waals surface area contributed by atoms with Crippen LogP contribution in [0.5, 0.6) is 0 Å². The summed E-state index contributed by atoms with van der Waals surface area (Å²) in [5.74, 6) is 0.445. The largest absolute Gasteiger partial charge is 0.384 e. The molecular weight excluding hydrogens is 208 g/mol. The molecular formula is C11H18N2OS. The molecule has 15 heavy (non-hydrogen) atoms. The van der Waals surface area contributed by atoms with E-state index >= 15 is 0 Å². The molecule has 3 nitrogen and oxygen atoms in total. The van der Waals surface area contributed by atoms with Crippen LogP contribution in [0.1, 0.15) is 50.1 Å². The van der Waals surface area contributed by atoms with Gasteiger partial charge in [-0.3, -0.25) is 0 Å². The van der Waals surface area contributed by atoms with Crippen LogP contribution in [-0.2, 0) is 12.0 Å². The molecule has 2 unspecified atom stereocenters. The van der Waals surface area contributed by atoms with E-state index in [4.69, 9.17) is 0 Å². The molecule has 0 aliphatic heterocycles. The zero-order chi connectivity index (χ0) is 10.9. The second-order valence-corrected chi connectivity index (χ2v) is 5.17. The molecule has 1 aliphatic rings. The quantitative estimate of drug-likeness (QED) is 0.839. The minimum absolute atomic E-state index is 0.445. The fourth-order valence-corrected chi connectivity index (χ4v) is 3.10. The Kier molecular flexibility index (Phi) is 3.07. The number of hydrogen-bond acceptors (Lipinski definition) is 4. The SMILES string of the molecule is CCCc1nnsc1C1(O)CC1CCC. The van der Waals surface area contributed by atoms with E-state index < -0.39 is 5.60 Å². The standard InChI is InChI=1S/C11H18N2OS/c1-3-5-8-7-11(8,14)10-9(6-4-2)12-13-15-10/h8,14H,3-7H2,1-2H3. The van der Waals surface area contributed by atoms with Crippen molar-refractivity contribution in [3.05, 3.63) is 10.6 Å². The minimum Gasteiger partial charge on any atom is -0.384 e. The molecule has 0 saturated heterocycles. The number of aromatic nitrogens is 2.